The first-order valence-corrected chi connectivity index (χ1v) is 7.82. The molecule has 7 heteroatoms. The Labute approximate surface area is 152 Å². The van der Waals surface area contributed by atoms with Crippen molar-refractivity contribution < 1.29 is 27.8 Å². The van der Waals surface area contributed by atoms with Crippen molar-refractivity contribution in [1.82, 2.24) is 0 Å². The summed E-state index contributed by atoms with van der Waals surface area (Å²) in [5, 5.41) is 11.5. The molecule has 2 N–H and O–H groups in total. The van der Waals surface area contributed by atoms with Crippen LogP contribution in [0.5, 0.6) is 11.5 Å². The van der Waals surface area contributed by atoms with Crippen molar-refractivity contribution in [2.45, 2.75) is 0 Å². The lowest BCUT2D eigenvalue weighted by atomic mass is 10.0. The van der Waals surface area contributed by atoms with Gasteiger partial charge >= 0.3 is 0 Å². The van der Waals surface area contributed by atoms with E-state index in [1.54, 1.807) is 12.1 Å². The van der Waals surface area contributed by atoms with Crippen molar-refractivity contribution in [3.05, 3.63) is 77.6 Å². The molecule has 0 aromatic heterocycles. The van der Waals surface area contributed by atoms with Gasteiger partial charge in [0.05, 0.1) is 7.11 Å². The number of benzene rings is 3. The predicted octanol–water partition coefficient (Wildman–Crippen LogP) is 4.74. The van der Waals surface area contributed by atoms with Crippen LogP contribution < -0.4 is 10.1 Å². The SMILES string of the molecule is COc1cc(C(=O)Nc2c(F)ccc(O)c2F)cc(-c2cccc(F)c2)c1. The van der Waals surface area contributed by atoms with Crippen LogP contribution in [0.25, 0.3) is 11.1 Å². The van der Waals surface area contributed by atoms with Gasteiger partial charge in [0, 0.05) is 5.56 Å². The predicted molar refractivity (Wildman–Crippen MR) is 94.4 cm³/mol. The minimum absolute atomic E-state index is 0.0377. The zero-order valence-electron chi connectivity index (χ0n) is 14.1. The van der Waals surface area contributed by atoms with Gasteiger partial charge in [-0.2, -0.15) is 0 Å². The Kier molecular flexibility index (Phi) is 5.03. The average molecular weight is 373 g/mol. The van der Waals surface area contributed by atoms with E-state index >= 15 is 0 Å². The van der Waals surface area contributed by atoms with E-state index in [1.165, 1.54) is 37.4 Å². The number of phenols is 1. The molecule has 0 unspecified atom stereocenters. The van der Waals surface area contributed by atoms with E-state index in [0.29, 0.717) is 16.9 Å². The number of carbonyl (C=O) groups excluding carboxylic acids is 1. The number of rotatable bonds is 4. The molecule has 0 aliphatic heterocycles. The molecule has 0 saturated heterocycles. The fourth-order valence-corrected chi connectivity index (χ4v) is 2.52. The highest BCUT2D eigenvalue weighted by Gasteiger charge is 2.18. The molecule has 4 nitrogen and oxygen atoms in total. The molecule has 0 heterocycles. The van der Waals surface area contributed by atoms with Crippen molar-refractivity contribution in [2.75, 3.05) is 12.4 Å². The van der Waals surface area contributed by atoms with Gasteiger partial charge in [-0.05, 0) is 53.6 Å². The minimum Gasteiger partial charge on any atom is -0.505 e. The topological polar surface area (TPSA) is 58.6 Å². The number of nitrogens with one attached hydrogen (secondary N) is 1. The molecule has 0 radical (unpaired) electrons. The van der Waals surface area contributed by atoms with Crippen LogP contribution in [-0.4, -0.2) is 18.1 Å². The molecule has 0 bridgehead atoms. The van der Waals surface area contributed by atoms with Crippen molar-refractivity contribution in [2.24, 2.45) is 0 Å². The normalized spacial score (nSPS) is 10.5. The van der Waals surface area contributed by atoms with E-state index in [0.717, 1.165) is 12.1 Å². The van der Waals surface area contributed by atoms with E-state index in [4.69, 9.17) is 4.74 Å². The molecule has 3 rings (SSSR count). The van der Waals surface area contributed by atoms with Gasteiger partial charge < -0.3 is 15.2 Å². The van der Waals surface area contributed by atoms with Crippen molar-refractivity contribution in [3.63, 3.8) is 0 Å². The molecule has 3 aromatic rings. The van der Waals surface area contributed by atoms with Gasteiger partial charge in [0.1, 0.15) is 23.1 Å². The number of hydrogen-bond acceptors (Lipinski definition) is 3. The molecule has 0 spiro atoms. The van der Waals surface area contributed by atoms with Crippen LogP contribution in [-0.2, 0) is 0 Å². The van der Waals surface area contributed by atoms with E-state index in [2.05, 4.69) is 5.32 Å². The van der Waals surface area contributed by atoms with Gasteiger partial charge in [-0.1, -0.05) is 12.1 Å². The van der Waals surface area contributed by atoms with Gasteiger partial charge in [0.15, 0.2) is 11.6 Å². The summed E-state index contributed by atoms with van der Waals surface area (Å²) >= 11 is 0. The zero-order chi connectivity index (χ0) is 19.6. The Balaban J connectivity index is 2.00. The number of amides is 1. The van der Waals surface area contributed by atoms with Crippen LogP contribution in [0.4, 0.5) is 18.9 Å². The summed E-state index contributed by atoms with van der Waals surface area (Å²) in [5.74, 6) is -4.08. The Morgan fingerprint density at radius 3 is 2.48 bits per heavy atom. The number of carbonyl (C=O) groups is 1. The summed E-state index contributed by atoms with van der Waals surface area (Å²) in [6, 6.07) is 11.8. The number of ether oxygens (including phenoxy) is 1. The number of anilines is 1. The summed E-state index contributed by atoms with van der Waals surface area (Å²) in [6.07, 6.45) is 0. The van der Waals surface area contributed by atoms with Crippen LogP contribution in [0.2, 0.25) is 0 Å². The third kappa shape index (κ3) is 3.87. The molecule has 1 amide bonds. The van der Waals surface area contributed by atoms with Gasteiger partial charge in [0.25, 0.3) is 5.91 Å². The highest BCUT2D eigenvalue weighted by Crippen LogP contribution is 2.29. The third-order valence-corrected chi connectivity index (χ3v) is 3.87. The number of methoxy groups -OCH3 is 1. The molecule has 0 aliphatic rings. The van der Waals surface area contributed by atoms with Gasteiger partial charge in [-0.15, -0.1) is 0 Å². The van der Waals surface area contributed by atoms with E-state index in [-0.39, 0.29) is 5.56 Å². The molecule has 0 saturated carbocycles. The maximum Gasteiger partial charge on any atom is 0.255 e. The van der Waals surface area contributed by atoms with Crippen LogP contribution in [0.1, 0.15) is 10.4 Å². The summed E-state index contributed by atoms with van der Waals surface area (Å²) in [4.78, 5) is 12.5. The molecule has 3 aromatic carbocycles. The average Bonchev–Trinajstić information content (AvgIpc) is 2.67. The van der Waals surface area contributed by atoms with Crippen LogP contribution in [0.3, 0.4) is 0 Å². The fraction of sp³-hybridized carbons (Fsp3) is 0.0500. The van der Waals surface area contributed by atoms with Crippen LogP contribution >= 0.6 is 0 Å². The van der Waals surface area contributed by atoms with E-state index in [1.807, 2.05) is 0 Å². The van der Waals surface area contributed by atoms with Crippen molar-refractivity contribution in [3.8, 4) is 22.6 Å². The molecule has 0 atom stereocenters. The number of phenolic OH excluding ortho intramolecular Hbond substituents is 1. The largest absolute Gasteiger partial charge is 0.505 e. The van der Waals surface area contributed by atoms with E-state index in [9.17, 15) is 23.1 Å². The van der Waals surface area contributed by atoms with Crippen LogP contribution in [0, 0.1) is 17.5 Å². The molecular weight excluding hydrogens is 359 g/mol. The fourth-order valence-electron chi connectivity index (χ4n) is 2.52. The van der Waals surface area contributed by atoms with E-state index < -0.39 is 34.8 Å². The lowest BCUT2D eigenvalue weighted by molar-refractivity contribution is 0.102. The number of aromatic hydroxyl groups is 1. The van der Waals surface area contributed by atoms with Crippen molar-refractivity contribution >= 4 is 11.6 Å². The standard InChI is InChI=1S/C20H14F3NO3/c1-27-15-9-12(11-3-2-4-14(21)8-11)7-13(10-15)20(26)24-19-16(22)5-6-17(25)18(19)23/h2-10,25H,1H3,(H,24,26). The summed E-state index contributed by atoms with van der Waals surface area (Å²) in [5.41, 5.74) is 0.249. The summed E-state index contributed by atoms with van der Waals surface area (Å²) in [7, 11) is 1.39. The number of halogens is 3. The minimum atomic E-state index is -1.28. The quantitative estimate of drug-likeness (QED) is 0.695. The Morgan fingerprint density at radius 1 is 1.00 bits per heavy atom. The second-order valence-corrected chi connectivity index (χ2v) is 5.67. The third-order valence-electron chi connectivity index (χ3n) is 3.87. The summed E-state index contributed by atoms with van der Waals surface area (Å²) in [6.45, 7) is 0. The monoisotopic (exact) mass is 373 g/mol. The van der Waals surface area contributed by atoms with Crippen molar-refractivity contribution in [1.29, 1.82) is 0 Å². The second kappa shape index (κ2) is 7.41. The molecular formula is C20H14F3NO3. The Bertz CT molecular complexity index is 1020. The number of hydrogen-bond donors (Lipinski definition) is 2. The summed E-state index contributed by atoms with van der Waals surface area (Å²) < 4.78 is 46.4. The molecule has 27 heavy (non-hydrogen) atoms. The first kappa shape index (κ1) is 18.3. The van der Waals surface area contributed by atoms with Gasteiger partial charge in [-0.3, -0.25) is 4.79 Å². The molecule has 138 valence electrons. The first-order valence-electron chi connectivity index (χ1n) is 7.82. The lowest BCUT2D eigenvalue weighted by Gasteiger charge is -2.12. The maximum absolute atomic E-state index is 13.9. The highest BCUT2D eigenvalue weighted by atomic mass is 19.1. The van der Waals surface area contributed by atoms with Gasteiger partial charge in [0.2, 0.25) is 0 Å². The Morgan fingerprint density at radius 2 is 1.78 bits per heavy atom. The maximum atomic E-state index is 13.9. The molecule has 0 aliphatic carbocycles. The second-order valence-electron chi connectivity index (χ2n) is 5.67. The highest BCUT2D eigenvalue weighted by molar-refractivity contribution is 6.05. The Hall–Kier alpha value is -3.48. The van der Waals surface area contributed by atoms with Crippen LogP contribution in [0.15, 0.2) is 54.6 Å². The zero-order valence-corrected chi connectivity index (χ0v) is 14.1. The smallest absolute Gasteiger partial charge is 0.255 e. The first-order chi connectivity index (χ1) is 12.9. The van der Waals surface area contributed by atoms with Gasteiger partial charge in [-0.25, -0.2) is 13.2 Å². The lowest BCUT2D eigenvalue weighted by Crippen LogP contribution is -2.14. The molecule has 0 fully saturated rings.